The summed E-state index contributed by atoms with van der Waals surface area (Å²) >= 11 is 4.12. The highest BCUT2D eigenvalue weighted by Gasteiger charge is 2.23. The van der Waals surface area contributed by atoms with E-state index in [0.29, 0.717) is 0 Å². The molecule has 0 aliphatic carbocycles. The van der Waals surface area contributed by atoms with Crippen LogP contribution in [0.2, 0.25) is 0 Å². The molecule has 0 aromatic heterocycles. The lowest BCUT2D eigenvalue weighted by Crippen LogP contribution is -2.15. The molecule has 3 heteroatoms. The summed E-state index contributed by atoms with van der Waals surface area (Å²) in [6, 6.07) is 57.9. The predicted octanol–water partition coefficient (Wildman–Crippen LogP) is 11.7. The predicted molar refractivity (Wildman–Crippen MR) is 179 cm³/mol. The molecule has 7 aromatic carbocycles. The van der Waals surface area contributed by atoms with Crippen LogP contribution < -0.4 is 9.80 Å². The Hall–Kier alpha value is -4.86. The molecule has 0 saturated carbocycles. The van der Waals surface area contributed by atoms with Gasteiger partial charge in [-0.1, -0.05) is 115 Å². The minimum absolute atomic E-state index is 1.01. The van der Waals surface area contributed by atoms with E-state index >= 15 is 0 Å². The second-order valence-electron chi connectivity index (χ2n) is 9.95. The largest absolute Gasteiger partial charge is 0.309 e. The van der Waals surface area contributed by atoms with E-state index in [4.69, 9.17) is 0 Å². The number of fused-ring (bicyclic) bond motifs is 2. The first-order valence-corrected chi connectivity index (χ1v) is 14.5. The number of benzene rings is 7. The van der Waals surface area contributed by atoms with Crippen molar-refractivity contribution >= 4 is 71.6 Å². The highest BCUT2D eigenvalue weighted by Crippen LogP contribution is 2.48. The molecule has 196 valence electrons. The summed E-state index contributed by atoms with van der Waals surface area (Å²) in [4.78, 5) is 4.70. The van der Waals surface area contributed by atoms with Crippen LogP contribution >= 0.6 is 15.9 Å². The second kappa shape index (κ2) is 11.0. The Morgan fingerprint density at radius 1 is 0.317 bits per heavy atom. The van der Waals surface area contributed by atoms with Crippen LogP contribution in [0.4, 0.5) is 34.1 Å². The Morgan fingerprint density at radius 2 is 0.659 bits per heavy atom. The van der Waals surface area contributed by atoms with Crippen LogP contribution in [0.3, 0.4) is 0 Å². The van der Waals surface area contributed by atoms with E-state index in [1.165, 1.54) is 21.5 Å². The molecule has 7 aromatic rings. The quantitative estimate of drug-likeness (QED) is 0.190. The summed E-state index contributed by atoms with van der Waals surface area (Å²) in [6.45, 7) is 0. The smallest absolute Gasteiger partial charge is 0.0656 e. The van der Waals surface area contributed by atoms with Crippen molar-refractivity contribution in [2.24, 2.45) is 0 Å². The Kier molecular flexibility index (Phi) is 6.72. The van der Waals surface area contributed by atoms with Crippen molar-refractivity contribution in [3.8, 4) is 0 Å². The van der Waals surface area contributed by atoms with E-state index in [0.717, 1.165) is 38.6 Å². The number of hydrogen-bond acceptors (Lipinski definition) is 2. The highest BCUT2D eigenvalue weighted by molar-refractivity contribution is 9.10. The summed E-state index contributed by atoms with van der Waals surface area (Å²) < 4.78 is 1.01. The van der Waals surface area contributed by atoms with Gasteiger partial charge in [0.1, 0.15) is 0 Å². The summed E-state index contributed by atoms with van der Waals surface area (Å²) in [5, 5.41) is 4.81. The van der Waals surface area contributed by atoms with Gasteiger partial charge in [-0.05, 0) is 75.2 Å². The Labute approximate surface area is 248 Å². The number of halogens is 1. The van der Waals surface area contributed by atoms with Gasteiger partial charge in [0, 0.05) is 22.1 Å². The minimum Gasteiger partial charge on any atom is -0.309 e. The Balaban J connectivity index is 1.49. The lowest BCUT2D eigenvalue weighted by molar-refractivity contribution is 1.25. The number of rotatable bonds is 6. The first kappa shape index (κ1) is 25.1. The van der Waals surface area contributed by atoms with Crippen LogP contribution in [0.1, 0.15) is 0 Å². The topological polar surface area (TPSA) is 6.48 Å². The van der Waals surface area contributed by atoms with Crippen molar-refractivity contribution in [2.45, 2.75) is 0 Å². The molecule has 0 aliphatic rings. The second-order valence-corrected chi connectivity index (χ2v) is 10.7. The summed E-state index contributed by atoms with van der Waals surface area (Å²) in [5.74, 6) is 0. The van der Waals surface area contributed by atoms with E-state index in [2.05, 4.69) is 190 Å². The van der Waals surface area contributed by atoms with Crippen molar-refractivity contribution in [3.05, 3.63) is 168 Å². The number of para-hydroxylation sites is 2. The fourth-order valence-electron chi connectivity index (χ4n) is 5.63. The van der Waals surface area contributed by atoms with Crippen molar-refractivity contribution in [2.75, 3.05) is 9.80 Å². The highest BCUT2D eigenvalue weighted by atomic mass is 79.9. The van der Waals surface area contributed by atoms with Gasteiger partial charge in [0.15, 0.2) is 0 Å². The SMILES string of the molecule is Brc1c(N(c2ccccc2)c2cccc3ccccc23)cccc1N(c1ccccc1)c1cccc2ccccc12. The van der Waals surface area contributed by atoms with Crippen LogP contribution in [-0.4, -0.2) is 0 Å². The normalized spacial score (nSPS) is 11.0. The number of anilines is 6. The van der Waals surface area contributed by atoms with Crippen molar-refractivity contribution in [1.82, 2.24) is 0 Å². The van der Waals surface area contributed by atoms with Crippen molar-refractivity contribution < 1.29 is 0 Å². The van der Waals surface area contributed by atoms with Gasteiger partial charge in [-0.3, -0.25) is 0 Å². The van der Waals surface area contributed by atoms with E-state index < -0.39 is 0 Å². The standard InChI is InChI=1S/C38H27BrN2/c39-38-36(40(30-18-3-1-4-19-30)34-24-11-16-28-14-7-9-22-32(28)34)26-13-27-37(38)41(31-20-5-2-6-21-31)35-25-12-17-29-15-8-10-23-33(29)35/h1-27H. The van der Waals surface area contributed by atoms with Crippen molar-refractivity contribution in [3.63, 3.8) is 0 Å². The van der Waals surface area contributed by atoms with Gasteiger partial charge in [0.25, 0.3) is 0 Å². The first-order valence-electron chi connectivity index (χ1n) is 13.7. The van der Waals surface area contributed by atoms with Gasteiger partial charge >= 0.3 is 0 Å². The zero-order valence-electron chi connectivity index (χ0n) is 22.4. The van der Waals surface area contributed by atoms with Gasteiger partial charge in [-0.25, -0.2) is 0 Å². The fourth-order valence-corrected chi connectivity index (χ4v) is 6.25. The average Bonchev–Trinajstić information content (AvgIpc) is 3.04. The lowest BCUT2D eigenvalue weighted by atomic mass is 10.0. The molecule has 2 nitrogen and oxygen atoms in total. The maximum absolute atomic E-state index is 4.12. The van der Waals surface area contributed by atoms with Gasteiger partial charge in [0.2, 0.25) is 0 Å². The molecule has 41 heavy (non-hydrogen) atoms. The molecule has 0 aliphatic heterocycles. The van der Waals surface area contributed by atoms with E-state index in [-0.39, 0.29) is 0 Å². The fraction of sp³-hybridized carbons (Fsp3) is 0. The average molecular weight is 592 g/mol. The molecule has 0 radical (unpaired) electrons. The molecule has 0 spiro atoms. The molecular formula is C38H27BrN2. The molecule has 0 fully saturated rings. The first-order chi connectivity index (χ1) is 20.3. The van der Waals surface area contributed by atoms with Gasteiger partial charge in [0.05, 0.1) is 27.2 Å². The van der Waals surface area contributed by atoms with Gasteiger partial charge in [-0.2, -0.15) is 0 Å². The maximum atomic E-state index is 4.12. The van der Waals surface area contributed by atoms with Gasteiger partial charge in [-0.15, -0.1) is 0 Å². The van der Waals surface area contributed by atoms with Crippen molar-refractivity contribution in [1.29, 1.82) is 0 Å². The van der Waals surface area contributed by atoms with E-state index in [9.17, 15) is 0 Å². The van der Waals surface area contributed by atoms with Crippen LogP contribution in [0.5, 0.6) is 0 Å². The zero-order valence-corrected chi connectivity index (χ0v) is 23.9. The van der Waals surface area contributed by atoms with Crippen LogP contribution in [-0.2, 0) is 0 Å². The summed E-state index contributed by atoms with van der Waals surface area (Å²) in [7, 11) is 0. The van der Waals surface area contributed by atoms with E-state index in [1.807, 2.05) is 0 Å². The Bertz CT molecular complexity index is 1820. The summed E-state index contributed by atoms with van der Waals surface area (Å²) in [5.41, 5.74) is 6.57. The molecule has 7 rings (SSSR count). The molecule has 0 N–H and O–H groups in total. The molecule has 0 unspecified atom stereocenters. The molecule has 0 saturated heterocycles. The van der Waals surface area contributed by atoms with E-state index in [1.54, 1.807) is 0 Å². The number of hydrogen-bond donors (Lipinski definition) is 0. The van der Waals surface area contributed by atoms with Crippen LogP contribution in [0, 0.1) is 0 Å². The lowest BCUT2D eigenvalue weighted by Gasteiger charge is -2.32. The molecule has 0 heterocycles. The Morgan fingerprint density at radius 3 is 1.12 bits per heavy atom. The molecular weight excluding hydrogens is 564 g/mol. The minimum atomic E-state index is 1.01. The summed E-state index contributed by atoms with van der Waals surface area (Å²) in [6.07, 6.45) is 0. The third-order valence-electron chi connectivity index (χ3n) is 7.48. The molecule has 0 atom stereocenters. The monoisotopic (exact) mass is 590 g/mol. The third kappa shape index (κ3) is 4.65. The third-order valence-corrected chi connectivity index (χ3v) is 8.30. The molecule has 0 amide bonds. The van der Waals surface area contributed by atoms with Gasteiger partial charge < -0.3 is 9.80 Å². The maximum Gasteiger partial charge on any atom is 0.0656 e. The van der Waals surface area contributed by atoms with Crippen LogP contribution in [0.25, 0.3) is 21.5 Å². The molecule has 0 bridgehead atoms. The van der Waals surface area contributed by atoms with Crippen LogP contribution in [0.15, 0.2) is 168 Å². The number of nitrogens with zero attached hydrogens (tertiary/aromatic N) is 2. The zero-order chi connectivity index (χ0) is 27.6.